The van der Waals surface area contributed by atoms with Crippen molar-refractivity contribution < 1.29 is 4.74 Å². The summed E-state index contributed by atoms with van der Waals surface area (Å²) in [5.41, 5.74) is 9.72. The van der Waals surface area contributed by atoms with E-state index >= 15 is 0 Å². The van der Waals surface area contributed by atoms with Crippen LogP contribution in [0.2, 0.25) is 5.02 Å². The fourth-order valence-electron chi connectivity index (χ4n) is 2.23. The Kier molecular flexibility index (Phi) is 5.27. The third kappa shape index (κ3) is 3.99. The number of halogens is 1. The lowest BCUT2D eigenvalue weighted by Crippen LogP contribution is -2.31. The van der Waals surface area contributed by atoms with E-state index < -0.39 is 0 Å². The van der Waals surface area contributed by atoms with E-state index in [2.05, 4.69) is 32.9 Å². The van der Waals surface area contributed by atoms with E-state index in [9.17, 15) is 0 Å². The standard InChI is InChI=1S/C18H22ClNO/c1-4-17(20)18(14-6-5-7-15(19)11-14)21-16-9-8-12(2)13(3)10-16/h5-11,17-18H,4,20H2,1-3H3. The summed E-state index contributed by atoms with van der Waals surface area (Å²) in [6.07, 6.45) is 0.637. The highest BCUT2D eigenvalue weighted by atomic mass is 35.5. The third-order valence-corrected chi connectivity index (χ3v) is 4.01. The van der Waals surface area contributed by atoms with Crippen LogP contribution in [0.4, 0.5) is 0 Å². The SMILES string of the molecule is CCC(N)C(Oc1ccc(C)c(C)c1)c1cccc(Cl)c1. The summed E-state index contributed by atoms with van der Waals surface area (Å²) in [6.45, 7) is 6.23. The van der Waals surface area contributed by atoms with E-state index in [1.54, 1.807) is 0 Å². The summed E-state index contributed by atoms with van der Waals surface area (Å²) in [6, 6.07) is 13.7. The fourth-order valence-corrected chi connectivity index (χ4v) is 2.43. The van der Waals surface area contributed by atoms with Gasteiger partial charge in [0.25, 0.3) is 0 Å². The van der Waals surface area contributed by atoms with Gasteiger partial charge in [-0.15, -0.1) is 0 Å². The zero-order valence-corrected chi connectivity index (χ0v) is 13.5. The molecule has 0 amide bonds. The van der Waals surface area contributed by atoms with Crippen LogP contribution in [0, 0.1) is 13.8 Å². The molecule has 2 aromatic rings. The predicted octanol–water partition coefficient (Wildman–Crippen LogP) is 4.81. The number of hydrogen-bond acceptors (Lipinski definition) is 2. The van der Waals surface area contributed by atoms with Gasteiger partial charge < -0.3 is 10.5 Å². The molecule has 21 heavy (non-hydrogen) atoms. The van der Waals surface area contributed by atoms with E-state index in [4.69, 9.17) is 22.1 Å². The van der Waals surface area contributed by atoms with Crippen molar-refractivity contribution in [3.05, 3.63) is 64.2 Å². The number of benzene rings is 2. The molecular weight excluding hydrogens is 282 g/mol. The van der Waals surface area contributed by atoms with E-state index in [0.717, 1.165) is 17.7 Å². The van der Waals surface area contributed by atoms with Crippen molar-refractivity contribution in [1.82, 2.24) is 0 Å². The van der Waals surface area contributed by atoms with Crippen LogP contribution < -0.4 is 10.5 Å². The van der Waals surface area contributed by atoms with Gasteiger partial charge >= 0.3 is 0 Å². The maximum absolute atomic E-state index is 6.25. The highest BCUT2D eigenvalue weighted by Gasteiger charge is 2.21. The molecule has 0 aliphatic heterocycles. The summed E-state index contributed by atoms with van der Waals surface area (Å²) in [7, 11) is 0. The molecular formula is C18H22ClNO. The Hall–Kier alpha value is -1.51. The van der Waals surface area contributed by atoms with Crippen LogP contribution in [-0.2, 0) is 0 Å². The van der Waals surface area contributed by atoms with Crippen molar-refractivity contribution in [2.24, 2.45) is 5.73 Å². The molecule has 0 saturated heterocycles. The molecule has 0 heterocycles. The van der Waals surface area contributed by atoms with Gasteiger partial charge in [-0.2, -0.15) is 0 Å². The zero-order chi connectivity index (χ0) is 15.4. The normalized spacial score (nSPS) is 13.8. The van der Waals surface area contributed by atoms with Gasteiger partial charge in [0.05, 0.1) is 0 Å². The molecule has 2 nitrogen and oxygen atoms in total. The molecule has 2 unspecified atom stereocenters. The van der Waals surface area contributed by atoms with Crippen LogP contribution in [-0.4, -0.2) is 6.04 Å². The quantitative estimate of drug-likeness (QED) is 0.860. The summed E-state index contributed by atoms with van der Waals surface area (Å²) in [5.74, 6) is 0.840. The minimum absolute atomic E-state index is 0.0786. The molecule has 2 N–H and O–H groups in total. The number of aryl methyl sites for hydroxylation is 2. The van der Waals surface area contributed by atoms with Crippen molar-refractivity contribution in [1.29, 1.82) is 0 Å². The van der Waals surface area contributed by atoms with Gasteiger partial charge in [-0.25, -0.2) is 0 Å². The van der Waals surface area contributed by atoms with Crippen molar-refractivity contribution >= 4 is 11.6 Å². The molecule has 0 aromatic heterocycles. The molecule has 0 spiro atoms. The second-order valence-corrected chi connectivity index (χ2v) is 5.85. The molecule has 0 bridgehead atoms. The molecule has 0 saturated carbocycles. The second-order valence-electron chi connectivity index (χ2n) is 5.41. The van der Waals surface area contributed by atoms with Gasteiger partial charge in [0.1, 0.15) is 11.9 Å². The molecule has 2 atom stereocenters. The molecule has 0 aliphatic carbocycles. The third-order valence-electron chi connectivity index (χ3n) is 3.78. The summed E-state index contributed by atoms with van der Waals surface area (Å²) in [4.78, 5) is 0. The molecule has 0 fully saturated rings. The van der Waals surface area contributed by atoms with Gasteiger partial charge in [0.2, 0.25) is 0 Å². The molecule has 0 aliphatic rings. The lowest BCUT2D eigenvalue weighted by atomic mass is 10.0. The van der Waals surface area contributed by atoms with Crippen molar-refractivity contribution in [2.45, 2.75) is 39.3 Å². The van der Waals surface area contributed by atoms with Crippen LogP contribution in [0.3, 0.4) is 0 Å². The molecule has 2 rings (SSSR count). The predicted molar refractivity (Wildman–Crippen MR) is 89.0 cm³/mol. The molecule has 2 aromatic carbocycles. The Morgan fingerprint density at radius 1 is 1.10 bits per heavy atom. The first-order valence-corrected chi connectivity index (χ1v) is 7.64. The fraction of sp³-hybridized carbons (Fsp3) is 0.333. The Labute approximate surface area is 131 Å². The van der Waals surface area contributed by atoms with Crippen LogP contribution in [0.1, 0.15) is 36.1 Å². The van der Waals surface area contributed by atoms with Crippen LogP contribution in [0.15, 0.2) is 42.5 Å². The lowest BCUT2D eigenvalue weighted by Gasteiger charge is -2.25. The maximum atomic E-state index is 6.25. The molecule has 3 heteroatoms. The number of nitrogens with two attached hydrogens (primary N) is 1. The van der Waals surface area contributed by atoms with Crippen molar-refractivity contribution in [3.63, 3.8) is 0 Å². The summed E-state index contributed by atoms with van der Waals surface area (Å²) >= 11 is 6.09. The van der Waals surface area contributed by atoms with Gasteiger partial charge in [-0.3, -0.25) is 0 Å². The molecule has 112 valence electrons. The first kappa shape index (κ1) is 15.9. The average molecular weight is 304 g/mol. The van der Waals surface area contributed by atoms with E-state index in [1.807, 2.05) is 30.3 Å². The van der Waals surface area contributed by atoms with Crippen LogP contribution >= 0.6 is 11.6 Å². The average Bonchev–Trinajstić information content (AvgIpc) is 2.47. The second kappa shape index (κ2) is 6.97. The first-order chi connectivity index (χ1) is 10.0. The number of ether oxygens (including phenoxy) is 1. The minimum atomic E-state index is -0.198. The van der Waals surface area contributed by atoms with E-state index in [0.29, 0.717) is 5.02 Å². The van der Waals surface area contributed by atoms with E-state index in [-0.39, 0.29) is 12.1 Å². The van der Waals surface area contributed by atoms with Gasteiger partial charge in [-0.1, -0.05) is 36.7 Å². The highest BCUT2D eigenvalue weighted by molar-refractivity contribution is 6.30. The van der Waals surface area contributed by atoms with Crippen molar-refractivity contribution in [2.75, 3.05) is 0 Å². The largest absolute Gasteiger partial charge is 0.484 e. The van der Waals surface area contributed by atoms with Gasteiger partial charge in [-0.05, 0) is 61.2 Å². The number of hydrogen-bond donors (Lipinski definition) is 1. The lowest BCUT2D eigenvalue weighted by molar-refractivity contribution is 0.171. The topological polar surface area (TPSA) is 35.2 Å². The number of rotatable bonds is 5. The highest BCUT2D eigenvalue weighted by Crippen LogP contribution is 2.28. The Morgan fingerprint density at radius 3 is 2.48 bits per heavy atom. The van der Waals surface area contributed by atoms with Crippen LogP contribution in [0.25, 0.3) is 0 Å². The minimum Gasteiger partial charge on any atom is -0.484 e. The van der Waals surface area contributed by atoms with Gasteiger partial charge in [0, 0.05) is 11.1 Å². The first-order valence-electron chi connectivity index (χ1n) is 7.26. The zero-order valence-electron chi connectivity index (χ0n) is 12.8. The Balaban J connectivity index is 2.30. The maximum Gasteiger partial charge on any atom is 0.139 e. The Morgan fingerprint density at radius 2 is 1.86 bits per heavy atom. The summed E-state index contributed by atoms with van der Waals surface area (Å²) in [5, 5.41) is 0.699. The Bertz CT molecular complexity index is 612. The monoisotopic (exact) mass is 303 g/mol. The smallest absolute Gasteiger partial charge is 0.139 e. The van der Waals surface area contributed by atoms with Crippen LogP contribution in [0.5, 0.6) is 5.75 Å². The molecule has 0 radical (unpaired) electrons. The van der Waals surface area contributed by atoms with Gasteiger partial charge in [0.15, 0.2) is 0 Å². The van der Waals surface area contributed by atoms with E-state index in [1.165, 1.54) is 11.1 Å². The summed E-state index contributed by atoms with van der Waals surface area (Å²) < 4.78 is 6.16. The van der Waals surface area contributed by atoms with Crippen molar-refractivity contribution in [3.8, 4) is 5.75 Å².